The molecule has 9 heteroatoms. The number of hydrogen-bond acceptors (Lipinski definition) is 5. The van der Waals surface area contributed by atoms with Crippen LogP contribution < -0.4 is 4.72 Å². The lowest BCUT2D eigenvalue weighted by Crippen LogP contribution is -2.36. The maximum absolute atomic E-state index is 12.3. The molecule has 0 spiro atoms. The highest BCUT2D eigenvalue weighted by Crippen LogP contribution is 2.17. The molecule has 0 saturated carbocycles. The highest BCUT2D eigenvalue weighted by molar-refractivity contribution is 7.89. The summed E-state index contributed by atoms with van der Waals surface area (Å²) in [5.41, 5.74) is 0. The second kappa shape index (κ2) is 8.79. The summed E-state index contributed by atoms with van der Waals surface area (Å²) in [4.78, 5) is 2.52. The highest BCUT2D eigenvalue weighted by Gasteiger charge is 2.20. The molecule has 1 atom stereocenters. The Labute approximate surface area is 157 Å². The van der Waals surface area contributed by atoms with E-state index in [0.717, 1.165) is 30.4 Å². The molecule has 148 valence electrons. The van der Waals surface area contributed by atoms with E-state index in [1.165, 1.54) is 51.2 Å². The van der Waals surface area contributed by atoms with E-state index in [4.69, 9.17) is 0 Å². The zero-order chi connectivity index (χ0) is 19.4. The van der Waals surface area contributed by atoms with Crippen LogP contribution in [0, 0.1) is 5.92 Å². The molecule has 26 heavy (non-hydrogen) atoms. The second-order valence-corrected chi connectivity index (χ2v) is 11.0. The number of rotatable bonds is 8. The van der Waals surface area contributed by atoms with E-state index in [-0.39, 0.29) is 9.79 Å². The van der Waals surface area contributed by atoms with Crippen molar-refractivity contribution in [2.75, 3.05) is 40.3 Å². The zero-order valence-electron chi connectivity index (χ0n) is 15.7. The van der Waals surface area contributed by atoms with E-state index < -0.39 is 20.0 Å². The largest absolute Gasteiger partial charge is 0.303 e. The normalized spacial score (nSPS) is 19.8. The van der Waals surface area contributed by atoms with Crippen LogP contribution in [0.1, 0.15) is 26.2 Å². The van der Waals surface area contributed by atoms with Crippen molar-refractivity contribution in [3.8, 4) is 0 Å². The van der Waals surface area contributed by atoms with Crippen LogP contribution in [-0.2, 0) is 20.0 Å². The van der Waals surface area contributed by atoms with Crippen LogP contribution in [0.5, 0.6) is 0 Å². The zero-order valence-corrected chi connectivity index (χ0v) is 17.3. The Morgan fingerprint density at radius 3 is 2.31 bits per heavy atom. The molecule has 1 saturated heterocycles. The second-order valence-electron chi connectivity index (χ2n) is 7.06. The molecular formula is C17H29N3O4S2. The summed E-state index contributed by atoms with van der Waals surface area (Å²) in [6.07, 6.45) is 3.22. The van der Waals surface area contributed by atoms with Crippen LogP contribution in [0.2, 0.25) is 0 Å². The van der Waals surface area contributed by atoms with Gasteiger partial charge in [0.2, 0.25) is 20.0 Å². The summed E-state index contributed by atoms with van der Waals surface area (Å²) in [7, 11) is -4.33. The first-order chi connectivity index (χ1) is 12.1. The fourth-order valence-electron chi connectivity index (χ4n) is 3.08. The minimum Gasteiger partial charge on any atom is -0.303 e. The lowest BCUT2D eigenvalue weighted by molar-refractivity contribution is 0.182. The molecule has 1 fully saturated rings. The van der Waals surface area contributed by atoms with Crippen LogP contribution in [0.4, 0.5) is 0 Å². The highest BCUT2D eigenvalue weighted by atomic mass is 32.2. The third-order valence-electron chi connectivity index (χ3n) is 4.60. The Balaban J connectivity index is 1.89. The summed E-state index contributed by atoms with van der Waals surface area (Å²) < 4.78 is 52.4. The van der Waals surface area contributed by atoms with Gasteiger partial charge >= 0.3 is 0 Å². The van der Waals surface area contributed by atoms with Gasteiger partial charge in [0.05, 0.1) is 9.79 Å². The van der Waals surface area contributed by atoms with E-state index in [2.05, 4.69) is 16.5 Å². The number of hydrogen-bond donors (Lipinski definition) is 1. The predicted molar refractivity (Wildman–Crippen MR) is 102 cm³/mol. The fourth-order valence-corrected chi connectivity index (χ4v) is 5.06. The molecule has 1 aliphatic heterocycles. The van der Waals surface area contributed by atoms with Gasteiger partial charge in [0, 0.05) is 27.2 Å². The number of benzene rings is 1. The smallest absolute Gasteiger partial charge is 0.242 e. The van der Waals surface area contributed by atoms with Crippen molar-refractivity contribution in [2.24, 2.45) is 5.92 Å². The van der Waals surface area contributed by atoms with Crippen LogP contribution in [0.25, 0.3) is 0 Å². The number of nitrogens with one attached hydrogen (secondary N) is 1. The molecule has 1 N–H and O–H groups in total. The van der Waals surface area contributed by atoms with E-state index in [9.17, 15) is 16.8 Å². The average Bonchev–Trinajstić information content (AvgIpc) is 2.59. The van der Waals surface area contributed by atoms with Gasteiger partial charge in [-0.05, 0) is 62.5 Å². The Morgan fingerprint density at radius 2 is 1.73 bits per heavy atom. The Morgan fingerprint density at radius 1 is 1.12 bits per heavy atom. The summed E-state index contributed by atoms with van der Waals surface area (Å²) >= 11 is 0. The van der Waals surface area contributed by atoms with Gasteiger partial charge in [0.25, 0.3) is 0 Å². The summed E-state index contributed by atoms with van der Waals surface area (Å²) in [5, 5.41) is 0. The fraction of sp³-hybridized carbons (Fsp3) is 0.647. The maximum atomic E-state index is 12.3. The third-order valence-corrected chi connectivity index (χ3v) is 7.90. The Hall–Kier alpha value is -1.00. The Bertz CT molecular complexity index is 790. The number of piperidine rings is 1. The van der Waals surface area contributed by atoms with E-state index >= 15 is 0 Å². The molecule has 2 rings (SSSR count). The summed E-state index contributed by atoms with van der Waals surface area (Å²) in [5.74, 6) is 0.706. The van der Waals surface area contributed by atoms with Gasteiger partial charge in [-0.1, -0.05) is 6.92 Å². The van der Waals surface area contributed by atoms with Crippen molar-refractivity contribution >= 4 is 20.0 Å². The minimum atomic E-state index is -3.63. The van der Waals surface area contributed by atoms with Crippen molar-refractivity contribution < 1.29 is 16.8 Å². The molecular weight excluding hydrogens is 374 g/mol. The van der Waals surface area contributed by atoms with E-state index in [1.54, 1.807) is 0 Å². The van der Waals surface area contributed by atoms with Gasteiger partial charge in [-0.25, -0.2) is 25.9 Å². The van der Waals surface area contributed by atoms with E-state index in [1.807, 2.05) is 0 Å². The van der Waals surface area contributed by atoms with Crippen LogP contribution in [0.3, 0.4) is 0 Å². The van der Waals surface area contributed by atoms with Crippen molar-refractivity contribution in [3.05, 3.63) is 24.3 Å². The van der Waals surface area contributed by atoms with Gasteiger partial charge in [-0.3, -0.25) is 0 Å². The van der Waals surface area contributed by atoms with Crippen LogP contribution in [-0.4, -0.2) is 66.3 Å². The molecule has 0 unspecified atom stereocenters. The van der Waals surface area contributed by atoms with E-state index in [0.29, 0.717) is 12.5 Å². The minimum absolute atomic E-state index is 0.0701. The number of nitrogens with zero attached hydrogens (tertiary/aromatic N) is 2. The number of likely N-dealkylation sites (tertiary alicyclic amines) is 1. The molecule has 7 nitrogen and oxygen atoms in total. The molecule has 1 heterocycles. The topological polar surface area (TPSA) is 86.8 Å². The van der Waals surface area contributed by atoms with Crippen molar-refractivity contribution in [3.63, 3.8) is 0 Å². The SMILES string of the molecule is C[C@H]1CCCN(CCCNS(=O)(=O)c2ccc(S(=O)(=O)N(C)C)cc2)C1. The van der Waals surface area contributed by atoms with Gasteiger partial charge in [0.1, 0.15) is 0 Å². The molecule has 0 aromatic heterocycles. The summed E-state index contributed by atoms with van der Waals surface area (Å²) in [6.45, 7) is 5.65. The van der Waals surface area contributed by atoms with Crippen molar-refractivity contribution in [1.82, 2.24) is 13.9 Å². The van der Waals surface area contributed by atoms with Crippen LogP contribution in [0.15, 0.2) is 34.1 Å². The molecule has 1 aliphatic rings. The van der Waals surface area contributed by atoms with Gasteiger partial charge in [-0.15, -0.1) is 0 Å². The van der Waals surface area contributed by atoms with Crippen molar-refractivity contribution in [1.29, 1.82) is 0 Å². The van der Waals surface area contributed by atoms with Gasteiger partial charge < -0.3 is 4.90 Å². The molecule has 1 aromatic rings. The van der Waals surface area contributed by atoms with Crippen LogP contribution >= 0.6 is 0 Å². The molecule has 1 aromatic carbocycles. The first kappa shape index (κ1) is 21.3. The lowest BCUT2D eigenvalue weighted by Gasteiger charge is -2.30. The summed E-state index contributed by atoms with van der Waals surface area (Å²) in [6, 6.07) is 5.29. The lowest BCUT2D eigenvalue weighted by atomic mass is 10.0. The average molecular weight is 404 g/mol. The Kier molecular flexibility index (Phi) is 7.20. The molecule has 0 bridgehead atoms. The first-order valence-corrected chi connectivity index (χ1v) is 11.8. The van der Waals surface area contributed by atoms with Crippen molar-refractivity contribution in [2.45, 2.75) is 36.0 Å². The standard InChI is InChI=1S/C17H29N3O4S2/c1-15-6-4-12-20(14-15)13-5-11-18-25(21,22)16-7-9-17(10-8-16)26(23,24)19(2)3/h7-10,15,18H,4-6,11-14H2,1-3H3/t15-/m0/s1. The third kappa shape index (κ3) is 5.50. The molecule has 0 radical (unpaired) electrons. The molecule has 0 amide bonds. The maximum Gasteiger partial charge on any atom is 0.242 e. The predicted octanol–water partition coefficient (Wildman–Crippen LogP) is 1.34. The number of sulfonamides is 2. The first-order valence-electron chi connectivity index (χ1n) is 8.87. The molecule has 0 aliphatic carbocycles. The van der Waals surface area contributed by atoms with Gasteiger partial charge in [0.15, 0.2) is 0 Å². The van der Waals surface area contributed by atoms with Gasteiger partial charge in [-0.2, -0.15) is 0 Å². The monoisotopic (exact) mass is 403 g/mol. The quantitative estimate of drug-likeness (QED) is 0.662.